The van der Waals surface area contributed by atoms with E-state index in [0.29, 0.717) is 0 Å². The summed E-state index contributed by atoms with van der Waals surface area (Å²) in [5.41, 5.74) is 9.15. The van der Waals surface area contributed by atoms with Crippen LogP contribution in [0.5, 0.6) is 0 Å². The minimum absolute atomic E-state index is 0.117. The second-order valence-electron chi connectivity index (χ2n) is 9.76. The van der Waals surface area contributed by atoms with E-state index in [-0.39, 0.29) is 11.3 Å². The second kappa shape index (κ2) is 8.99. The van der Waals surface area contributed by atoms with Gasteiger partial charge in [0.05, 0.1) is 28.1 Å². The lowest BCUT2D eigenvalue weighted by Gasteiger charge is -2.38. The van der Waals surface area contributed by atoms with E-state index in [9.17, 15) is 10.1 Å². The van der Waals surface area contributed by atoms with Crippen molar-refractivity contribution in [1.29, 1.82) is 5.26 Å². The van der Waals surface area contributed by atoms with Crippen molar-refractivity contribution >= 4 is 16.9 Å². The zero-order chi connectivity index (χ0) is 22.8. The number of nitriles is 1. The number of hydrogen-bond donors (Lipinski definition) is 1. The van der Waals surface area contributed by atoms with Gasteiger partial charge in [-0.05, 0) is 80.1 Å². The van der Waals surface area contributed by atoms with E-state index in [0.717, 1.165) is 80.3 Å². The van der Waals surface area contributed by atoms with Gasteiger partial charge in [0.1, 0.15) is 6.33 Å². The van der Waals surface area contributed by atoms with Gasteiger partial charge in [0.2, 0.25) is 5.91 Å². The summed E-state index contributed by atoms with van der Waals surface area (Å²) in [5, 5.41) is 9.24. The summed E-state index contributed by atoms with van der Waals surface area (Å²) in [6, 6.07) is 14.4. The maximum atomic E-state index is 13.6. The van der Waals surface area contributed by atoms with E-state index in [4.69, 9.17) is 0 Å². The highest BCUT2D eigenvalue weighted by molar-refractivity contribution is 5.91. The molecule has 0 spiro atoms. The standard InChI is InChI=1S/C27H31N5O/c1-20-5-8-25-24(15-20)29-19-32(25)30-26(33)27(10-3-2-4-11-27)12-14-31-13-9-22-7-6-21(17-28)16-23(22)18-31/h5-8,15-16,19H,2-4,9-14,18H2,1H3,(H,30,33). The van der Waals surface area contributed by atoms with Crippen LogP contribution in [0.25, 0.3) is 11.0 Å². The summed E-state index contributed by atoms with van der Waals surface area (Å²) in [4.78, 5) is 20.6. The lowest BCUT2D eigenvalue weighted by Crippen LogP contribution is -2.44. The molecule has 0 saturated heterocycles. The van der Waals surface area contributed by atoms with E-state index in [2.05, 4.69) is 33.5 Å². The first kappa shape index (κ1) is 21.7. The molecule has 0 atom stereocenters. The van der Waals surface area contributed by atoms with Gasteiger partial charge in [-0.3, -0.25) is 15.1 Å². The topological polar surface area (TPSA) is 74.0 Å². The van der Waals surface area contributed by atoms with Gasteiger partial charge in [-0.15, -0.1) is 0 Å². The predicted octanol–water partition coefficient (Wildman–Crippen LogP) is 4.69. The summed E-state index contributed by atoms with van der Waals surface area (Å²) < 4.78 is 1.79. The molecule has 1 saturated carbocycles. The van der Waals surface area contributed by atoms with Gasteiger partial charge in [0, 0.05) is 13.1 Å². The molecule has 2 aliphatic rings. The maximum Gasteiger partial charge on any atom is 0.245 e. The second-order valence-corrected chi connectivity index (χ2v) is 9.76. The Morgan fingerprint density at radius 2 is 2.00 bits per heavy atom. The zero-order valence-electron chi connectivity index (χ0n) is 19.3. The Hall–Kier alpha value is -3.17. The Labute approximate surface area is 195 Å². The Morgan fingerprint density at radius 3 is 2.82 bits per heavy atom. The molecule has 2 aromatic carbocycles. The third-order valence-corrected chi connectivity index (χ3v) is 7.55. The average Bonchev–Trinajstić information content (AvgIpc) is 3.24. The molecule has 1 N–H and O–H groups in total. The molecule has 1 aliphatic heterocycles. The average molecular weight is 442 g/mol. The molecule has 5 rings (SSSR count). The van der Waals surface area contributed by atoms with Crippen LogP contribution in [-0.4, -0.2) is 33.6 Å². The lowest BCUT2D eigenvalue weighted by molar-refractivity contribution is -0.129. The number of hydrogen-bond acceptors (Lipinski definition) is 4. The number of aromatic nitrogens is 2. The van der Waals surface area contributed by atoms with Crippen LogP contribution < -0.4 is 5.43 Å². The van der Waals surface area contributed by atoms with Crippen LogP contribution in [0, 0.1) is 23.7 Å². The number of rotatable bonds is 5. The van der Waals surface area contributed by atoms with Crippen LogP contribution in [0.3, 0.4) is 0 Å². The number of aryl methyl sites for hydroxylation is 1. The molecule has 3 aromatic rings. The van der Waals surface area contributed by atoms with Gasteiger partial charge in [-0.1, -0.05) is 31.4 Å². The normalized spacial score (nSPS) is 17.9. The number of benzene rings is 2. The van der Waals surface area contributed by atoms with E-state index in [1.165, 1.54) is 17.5 Å². The van der Waals surface area contributed by atoms with Gasteiger partial charge in [-0.2, -0.15) is 5.26 Å². The van der Waals surface area contributed by atoms with Crippen LogP contribution in [0.2, 0.25) is 0 Å². The number of carbonyl (C=O) groups is 1. The Balaban J connectivity index is 1.30. The maximum absolute atomic E-state index is 13.6. The monoisotopic (exact) mass is 441 g/mol. The molecule has 1 fully saturated rings. The Kier molecular flexibility index (Phi) is 5.90. The molecule has 170 valence electrons. The smallest absolute Gasteiger partial charge is 0.245 e. The number of nitrogens with zero attached hydrogens (tertiary/aromatic N) is 4. The first-order chi connectivity index (χ1) is 16.1. The van der Waals surface area contributed by atoms with Crippen molar-refractivity contribution in [2.75, 3.05) is 18.5 Å². The van der Waals surface area contributed by atoms with Crippen molar-refractivity contribution < 1.29 is 4.79 Å². The number of amides is 1. The number of nitrogens with one attached hydrogen (secondary N) is 1. The zero-order valence-corrected chi connectivity index (χ0v) is 19.3. The molecule has 33 heavy (non-hydrogen) atoms. The van der Waals surface area contributed by atoms with Gasteiger partial charge < -0.3 is 0 Å². The Bertz CT molecular complexity index is 1210. The number of fused-ring (bicyclic) bond motifs is 2. The summed E-state index contributed by atoms with van der Waals surface area (Å²) in [7, 11) is 0. The molecular formula is C27H31N5O. The summed E-state index contributed by atoms with van der Waals surface area (Å²) >= 11 is 0. The summed E-state index contributed by atoms with van der Waals surface area (Å²) in [5.74, 6) is 0.117. The van der Waals surface area contributed by atoms with Crippen molar-refractivity contribution in [2.45, 2.75) is 58.4 Å². The van der Waals surface area contributed by atoms with Crippen molar-refractivity contribution in [3.63, 3.8) is 0 Å². The molecule has 0 radical (unpaired) electrons. The van der Waals surface area contributed by atoms with Crippen LogP contribution in [0.15, 0.2) is 42.7 Å². The largest absolute Gasteiger partial charge is 0.299 e. The quantitative estimate of drug-likeness (QED) is 0.624. The minimum Gasteiger partial charge on any atom is -0.299 e. The molecule has 6 heteroatoms. The van der Waals surface area contributed by atoms with Crippen molar-refractivity contribution in [3.8, 4) is 6.07 Å². The fraction of sp³-hybridized carbons (Fsp3) is 0.444. The van der Waals surface area contributed by atoms with Gasteiger partial charge >= 0.3 is 0 Å². The molecular weight excluding hydrogens is 410 g/mol. The molecule has 1 aromatic heterocycles. The van der Waals surface area contributed by atoms with E-state index in [1.54, 1.807) is 11.0 Å². The predicted molar refractivity (Wildman–Crippen MR) is 129 cm³/mol. The molecule has 6 nitrogen and oxygen atoms in total. The summed E-state index contributed by atoms with van der Waals surface area (Å²) in [6.45, 7) is 4.80. The van der Waals surface area contributed by atoms with E-state index in [1.807, 2.05) is 31.2 Å². The molecule has 0 bridgehead atoms. The number of imidazole rings is 1. The van der Waals surface area contributed by atoms with Crippen molar-refractivity contribution in [3.05, 3.63) is 65.0 Å². The summed E-state index contributed by atoms with van der Waals surface area (Å²) in [6.07, 6.45) is 8.86. The fourth-order valence-corrected chi connectivity index (χ4v) is 5.51. The molecule has 1 aliphatic carbocycles. The molecule has 2 heterocycles. The lowest BCUT2D eigenvalue weighted by atomic mass is 9.71. The highest BCUT2D eigenvalue weighted by atomic mass is 16.2. The Morgan fingerprint density at radius 1 is 1.15 bits per heavy atom. The first-order valence-corrected chi connectivity index (χ1v) is 12.1. The van der Waals surface area contributed by atoms with Gasteiger partial charge in [0.25, 0.3) is 0 Å². The van der Waals surface area contributed by atoms with E-state index < -0.39 is 0 Å². The van der Waals surface area contributed by atoms with Crippen LogP contribution in [0.1, 0.15) is 60.8 Å². The fourth-order valence-electron chi connectivity index (χ4n) is 5.51. The highest BCUT2D eigenvalue weighted by Crippen LogP contribution is 2.40. The third-order valence-electron chi connectivity index (χ3n) is 7.55. The molecule has 0 unspecified atom stereocenters. The van der Waals surface area contributed by atoms with Crippen molar-refractivity contribution in [1.82, 2.24) is 14.6 Å². The van der Waals surface area contributed by atoms with Crippen LogP contribution in [-0.2, 0) is 17.8 Å². The highest BCUT2D eigenvalue weighted by Gasteiger charge is 2.40. The van der Waals surface area contributed by atoms with Crippen LogP contribution >= 0.6 is 0 Å². The van der Waals surface area contributed by atoms with Gasteiger partial charge in [-0.25, -0.2) is 9.66 Å². The van der Waals surface area contributed by atoms with E-state index >= 15 is 0 Å². The minimum atomic E-state index is -0.339. The van der Waals surface area contributed by atoms with Crippen LogP contribution in [0.4, 0.5) is 0 Å². The number of carbonyl (C=O) groups excluding carboxylic acids is 1. The molecule has 1 amide bonds. The van der Waals surface area contributed by atoms with Crippen molar-refractivity contribution in [2.24, 2.45) is 5.41 Å². The first-order valence-electron chi connectivity index (χ1n) is 12.1. The van der Waals surface area contributed by atoms with Gasteiger partial charge in [0.15, 0.2) is 0 Å². The SMILES string of the molecule is Cc1ccc2c(c1)ncn2NC(=O)C1(CCN2CCc3ccc(C#N)cc3C2)CCCCC1. The third kappa shape index (κ3) is 4.38.